The number of aldehydes is 1. The Morgan fingerprint density at radius 2 is 1.79 bits per heavy atom. The van der Waals surface area contributed by atoms with Crippen molar-refractivity contribution in [3.05, 3.63) is 89.3 Å². The maximum Gasteiger partial charge on any atom is 0.321 e. The molecule has 0 spiro atoms. The number of benzene rings is 1. The van der Waals surface area contributed by atoms with Gasteiger partial charge in [0.15, 0.2) is 11.9 Å². The standard InChI is InChI=1S/C38H47N9O5/c1-36(2,3)29-22-30(41-32(40-29)33(49)39-16-9-17-46-18-20-51-21-19-46)42-35(50)43-38(24-48)15-14-28(26-10-7-8-11-27(26)38)52-25-12-13-31-44-45-34(37(4,5)6)47(31)23-25/h7-8,10-15,22-24,28H,9,16-21H2,1-6H3,(H,39,49)(H2,40,41,42,43,50)/t28-,38-/m1/s1. The molecule has 6 rings (SSSR count). The molecule has 1 aliphatic carbocycles. The van der Waals surface area contributed by atoms with Gasteiger partial charge in [-0.3, -0.25) is 24.2 Å². The maximum absolute atomic E-state index is 13.6. The van der Waals surface area contributed by atoms with E-state index in [1.807, 2.05) is 55.6 Å². The molecule has 4 heterocycles. The summed E-state index contributed by atoms with van der Waals surface area (Å²) in [5, 5.41) is 17.1. The summed E-state index contributed by atoms with van der Waals surface area (Å²) in [6.07, 6.45) is 6.14. The number of fused-ring (bicyclic) bond motifs is 2. The van der Waals surface area contributed by atoms with Crippen molar-refractivity contribution in [3.63, 3.8) is 0 Å². The highest BCUT2D eigenvalue weighted by Gasteiger charge is 2.38. The minimum atomic E-state index is -1.50. The molecule has 2 aliphatic rings. The molecule has 0 bridgehead atoms. The summed E-state index contributed by atoms with van der Waals surface area (Å²) >= 11 is 0. The second-order valence-electron chi connectivity index (χ2n) is 15.2. The lowest BCUT2D eigenvalue weighted by atomic mass is 9.81. The van der Waals surface area contributed by atoms with Crippen molar-refractivity contribution in [2.45, 2.75) is 70.4 Å². The number of morpholine rings is 1. The van der Waals surface area contributed by atoms with Gasteiger partial charge in [0.1, 0.15) is 29.0 Å². The highest BCUT2D eigenvalue weighted by molar-refractivity contribution is 5.94. The third-order valence-corrected chi connectivity index (χ3v) is 9.04. The SMILES string of the molecule is CC(C)(C)c1cc(NC(=O)N[C@@]2(C=O)C=C[C@@H](Oc3ccc4nnc(C(C)(C)C)n4c3)c3ccccc32)nc(C(=O)NCCCN2CCOCC2)n1. The fourth-order valence-corrected chi connectivity index (χ4v) is 6.24. The number of aromatic nitrogens is 5. The molecule has 1 saturated heterocycles. The predicted molar refractivity (Wildman–Crippen MR) is 195 cm³/mol. The maximum atomic E-state index is 13.6. The van der Waals surface area contributed by atoms with E-state index in [2.05, 4.69) is 61.8 Å². The fourth-order valence-electron chi connectivity index (χ4n) is 6.24. The number of rotatable bonds is 10. The molecule has 4 aromatic rings. The molecule has 0 radical (unpaired) electrons. The van der Waals surface area contributed by atoms with E-state index in [0.717, 1.165) is 45.1 Å². The topological polar surface area (TPSA) is 165 Å². The Morgan fingerprint density at radius 1 is 1.02 bits per heavy atom. The van der Waals surface area contributed by atoms with E-state index in [-0.39, 0.29) is 17.1 Å². The lowest BCUT2D eigenvalue weighted by molar-refractivity contribution is -0.111. The average molecular weight is 710 g/mol. The van der Waals surface area contributed by atoms with Crippen molar-refractivity contribution in [1.82, 2.24) is 40.1 Å². The van der Waals surface area contributed by atoms with Gasteiger partial charge in [0.05, 0.1) is 25.1 Å². The van der Waals surface area contributed by atoms with Gasteiger partial charge < -0.3 is 20.1 Å². The van der Waals surface area contributed by atoms with Crippen LogP contribution in [0.25, 0.3) is 5.65 Å². The number of amides is 3. The van der Waals surface area contributed by atoms with Crippen molar-refractivity contribution in [2.75, 3.05) is 44.7 Å². The molecular formula is C38H47N9O5. The number of hydrogen-bond acceptors (Lipinski definition) is 10. The summed E-state index contributed by atoms with van der Waals surface area (Å²) in [5.41, 5.74) is 0.367. The van der Waals surface area contributed by atoms with Crippen molar-refractivity contribution in [1.29, 1.82) is 0 Å². The smallest absolute Gasteiger partial charge is 0.321 e. The Kier molecular flexibility index (Phi) is 10.4. The van der Waals surface area contributed by atoms with Crippen molar-refractivity contribution in [2.24, 2.45) is 0 Å². The quantitative estimate of drug-likeness (QED) is 0.122. The van der Waals surface area contributed by atoms with Crippen molar-refractivity contribution >= 4 is 29.7 Å². The first-order valence-corrected chi connectivity index (χ1v) is 17.6. The van der Waals surface area contributed by atoms with Gasteiger partial charge in [-0.25, -0.2) is 14.8 Å². The predicted octanol–water partition coefficient (Wildman–Crippen LogP) is 4.47. The zero-order valence-electron chi connectivity index (χ0n) is 30.6. The molecule has 1 aliphatic heterocycles. The van der Waals surface area contributed by atoms with Gasteiger partial charge in [0.25, 0.3) is 5.91 Å². The first kappa shape index (κ1) is 36.6. The Labute approximate surface area is 303 Å². The van der Waals surface area contributed by atoms with Crippen molar-refractivity contribution in [3.8, 4) is 5.75 Å². The molecule has 3 amide bonds. The number of hydrogen-bond donors (Lipinski definition) is 3. The van der Waals surface area contributed by atoms with E-state index >= 15 is 0 Å². The van der Waals surface area contributed by atoms with Crippen LogP contribution < -0.4 is 20.7 Å². The van der Waals surface area contributed by atoms with Gasteiger partial charge in [-0.2, -0.15) is 0 Å². The highest BCUT2D eigenvalue weighted by atomic mass is 16.5. The number of anilines is 1. The molecular weight excluding hydrogens is 662 g/mol. The summed E-state index contributed by atoms with van der Waals surface area (Å²) in [7, 11) is 0. The third kappa shape index (κ3) is 8.13. The van der Waals surface area contributed by atoms with Gasteiger partial charge in [-0.05, 0) is 42.8 Å². The molecule has 0 unspecified atom stereocenters. The summed E-state index contributed by atoms with van der Waals surface area (Å²) < 4.78 is 13.8. The van der Waals surface area contributed by atoms with E-state index in [1.165, 1.54) is 0 Å². The average Bonchev–Trinajstić information content (AvgIpc) is 3.55. The van der Waals surface area contributed by atoms with Gasteiger partial charge in [-0.1, -0.05) is 65.8 Å². The van der Waals surface area contributed by atoms with Crippen LogP contribution in [-0.4, -0.2) is 87.1 Å². The van der Waals surface area contributed by atoms with Crippen LogP contribution in [0, 0.1) is 0 Å². The Morgan fingerprint density at radius 3 is 2.52 bits per heavy atom. The fraction of sp³-hybridized carbons (Fsp3) is 0.447. The number of urea groups is 1. The van der Waals surface area contributed by atoms with Crippen LogP contribution >= 0.6 is 0 Å². The van der Waals surface area contributed by atoms with Crippen LogP contribution in [0.2, 0.25) is 0 Å². The Hall–Kier alpha value is -5.21. The molecule has 14 nitrogen and oxygen atoms in total. The van der Waals surface area contributed by atoms with Gasteiger partial charge in [0, 0.05) is 42.1 Å². The monoisotopic (exact) mass is 709 g/mol. The molecule has 0 saturated carbocycles. The zero-order chi connectivity index (χ0) is 37.1. The highest BCUT2D eigenvalue weighted by Crippen LogP contribution is 2.37. The number of pyridine rings is 1. The number of nitrogens with one attached hydrogen (secondary N) is 3. The van der Waals surface area contributed by atoms with Crippen LogP contribution in [0.3, 0.4) is 0 Å². The molecule has 14 heteroatoms. The molecule has 1 fully saturated rings. The third-order valence-electron chi connectivity index (χ3n) is 9.04. The Balaban J connectivity index is 1.18. The minimum absolute atomic E-state index is 0.0543. The summed E-state index contributed by atoms with van der Waals surface area (Å²) in [5.74, 6) is 1.02. The summed E-state index contributed by atoms with van der Waals surface area (Å²) in [4.78, 5) is 50.8. The molecule has 3 aromatic heterocycles. The van der Waals surface area contributed by atoms with Crippen LogP contribution in [0.1, 0.15) is 87.3 Å². The van der Waals surface area contributed by atoms with Gasteiger partial charge in [0.2, 0.25) is 5.82 Å². The lowest BCUT2D eigenvalue weighted by Crippen LogP contribution is -2.49. The Bertz CT molecular complexity index is 1970. The number of carbonyl (C=O) groups is 3. The molecule has 52 heavy (non-hydrogen) atoms. The first-order valence-electron chi connectivity index (χ1n) is 17.6. The van der Waals surface area contributed by atoms with Crippen LogP contribution in [-0.2, 0) is 25.9 Å². The molecule has 2 atom stereocenters. The van der Waals surface area contributed by atoms with Crippen LogP contribution in [0.5, 0.6) is 5.75 Å². The lowest BCUT2D eigenvalue weighted by Gasteiger charge is -2.34. The first-order chi connectivity index (χ1) is 24.8. The van der Waals surface area contributed by atoms with Crippen LogP contribution in [0.15, 0.2) is 60.8 Å². The molecule has 1 aromatic carbocycles. The van der Waals surface area contributed by atoms with E-state index < -0.39 is 29.0 Å². The van der Waals surface area contributed by atoms with E-state index in [0.29, 0.717) is 41.0 Å². The minimum Gasteiger partial charge on any atom is -0.480 e. The van der Waals surface area contributed by atoms with Crippen LogP contribution in [0.4, 0.5) is 10.6 Å². The number of nitrogens with zero attached hydrogens (tertiary/aromatic N) is 6. The van der Waals surface area contributed by atoms with Gasteiger partial charge in [-0.15, -0.1) is 10.2 Å². The second-order valence-corrected chi connectivity index (χ2v) is 15.2. The van der Waals surface area contributed by atoms with E-state index in [4.69, 9.17) is 9.47 Å². The normalized spacial score (nSPS) is 19.2. The molecule has 3 N–H and O–H groups in total. The number of carbonyl (C=O) groups excluding carboxylic acids is 3. The van der Waals surface area contributed by atoms with E-state index in [9.17, 15) is 14.4 Å². The molecule has 274 valence electrons. The second kappa shape index (κ2) is 14.8. The van der Waals surface area contributed by atoms with E-state index in [1.54, 1.807) is 30.4 Å². The zero-order valence-corrected chi connectivity index (χ0v) is 30.6. The van der Waals surface area contributed by atoms with Crippen molar-refractivity contribution < 1.29 is 23.9 Å². The summed E-state index contributed by atoms with van der Waals surface area (Å²) in [6.45, 7) is 16.6. The summed E-state index contributed by atoms with van der Waals surface area (Å²) in [6, 6.07) is 11.9. The number of ether oxygens (including phenoxy) is 2. The van der Waals surface area contributed by atoms with Gasteiger partial charge >= 0.3 is 6.03 Å². The largest absolute Gasteiger partial charge is 0.480 e.